The third-order valence-corrected chi connectivity index (χ3v) is 6.08. The van der Waals surface area contributed by atoms with Crippen molar-refractivity contribution in [2.45, 2.75) is 23.8 Å². The number of nitro groups is 1. The fourth-order valence-corrected chi connectivity index (χ4v) is 4.40. The van der Waals surface area contributed by atoms with Crippen molar-refractivity contribution in [3.8, 4) is 0 Å². The zero-order valence-electron chi connectivity index (χ0n) is 17.7. The number of aromatic nitrogens is 3. The standard InChI is InChI=1S/C22H19N5O5S/c1-12-16(21(29)32-2)17(15-5-3-4-10-23-15)18-19(24-12)25-22(26-20(18)28)33-11-13-6-8-14(9-7-13)27(30)31/h3-10,17H,11H2,1-2H3,(H2,24,25,26,28). The fraction of sp³-hybridized carbons (Fsp3) is 0.182. The number of allylic oxidation sites excluding steroid dienone is 1. The molecule has 2 N–H and O–H groups in total. The number of fused-ring (bicyclic) bond motifs is 1. The zero-order chi connectivity index (χ0) is 23.5. The first-order valence-corrected chi connectivity index (χ1v) is 10.8. The van der Waals surface area contributed by atoms with E-state index in [-0.39, 0.29) is 11.3 Å². The molecule has 3 aromatic rings. The molecular formula is C22H19N5O5S. The smallest absolute Gasteiger partial charge is 0.336 e. The highest BCUT2D eigenvalue weighted by molar-refractivity contribution is 7.98. The van der Waals surface area contributed by atoms with Gasteiger partial charge in [0.15, 0.2) is 5.16 Å². The summed E-state index contributed by atoms with van der Waals surface area (Å²) in [4.78, 5) is 47.7. The summed E-state index contributed by atoms with van der Waals surface area (Å²) in [7, 11) is 1.29. The quantitative estimate of drug-likeness (QED) is 0.184. The Kier molecular flexibility index (Phi) is 6.22. The second-order valence-electron chi connectivity index (χ2n) is 7.19. The van der Waals surface area contributed by atoms with Gasteiger partial charge in [-0.3, -0.25) is 19.9 Å². The Bertz CT molecular complexity index is 1310. The first-order chi connectivity index (χ1) is 15.9. The monoisotopic (exact) mass is 465 g/mol. The Balaban J connectivity index is 1.68. The number of hydrogen-bond donors (Lipinski definition) is 2. The third kappa shape index (κ3) is 4.48. The number of nitro benzene ring substituents is 1. The first kappa shape index (κ1) is 22.2. The molecular weight excluding hydrogens is 446 g/mol. The molecule has 168 valence electrons. The molecule has 0 radical (unpaired) electrons. The molecule has 0 saturated carbocycles. The largest absolute Gasteiger partial charge is 0.466 e. The molecule has 0 fully saturated rings. The minimum Gasteiger partial charge on any atom is -0.466 e. The van der Waals surface area contributed by atoms with Gasteiger partial charge in [-0.2, -0.15) is 0 Å². The van der Waals surface area contributed by atoms with Gasteiger partial charge in [0, 0.05) is 29.8 Å². The van der Waals surface area contributed by atoms with E-state index in [0.717, 1.165) is 5.56 Å². The van der Waals surface area contributed by atoms with E-state index < -0.39 is 22.4 Å². The number of non-ortho nitro benzene ring substituents is 1. The zero-order valence-corrected chi connectivity index (χ0v) is 18.5. The average molecular weight is 465 g/mol. The number of hydrogen-bond acceptors (Lipinski definition) is 9. The second-order valence-corrected chi connectivity index (χ2v) is 8.15. The number of anilines is 1. The number of benzene rings is 1. The van der Waals surface area contributed by atoms with E-state index in [0.29, 0.717) is 33.7 Å². The number of ether oxygens (including phenoxy) is 1. The van der Waals surface area contributed by atoms with Crippen LogP contribution in [-0.2, 0) is 15.3 Å². The Hall–Kier alpha value is -3.99. The van der Waals surface area contributed by atoms with Crippen LogP contribution in [0.25, 0.3) is 0 Å². The van der Waals surface area contributed by atoms with Crippen molar-refractivity contribution in [1.82, 2.24) is 15.0 Å². The number of aromatic amines is 1. The normalized spacial score (nSPS) is 14.9. The van der Waals surface area contributed by atoms with Gasteiger partial charge in [0.2, 0.25) is 0 Å². The number of H-pyrrole nitrogens is 1. The van der Waals surface area contributed by atoms with Crippen LogP contribution in [0.15, 0.2) is 69.9 Å². The summed E-state index contributed by atoms with van der Waals surface area (Å²) in [5.41, 5.74) is 2.07. The molecule has 0 spiro atoms. The van der Waals surface area contributed by atoms with E-state index in [1.165, 1.54) is 31.0 Å². The highest BCUT2D eigenvalue weighted by atomic mass is 32.2. The van der Waals surface area contributed by atoms with Gasteiger partial charge in [-0.1, -0.05) is 30.0 Å². The van der Waals surface area contributed by atoms with Gasteiger partial charge in [-0.15, -0.1) is 0 Å². The van der Waals surface area contributed by atoms with Crippen LogP contribution >= 0.6 is 11.8 Å². The average Bonchev–Trinajstić information content (AvgIpc) is 2.82. The molecule has 11 heteroatoms. The lowest BCUT2D eigenvalue weighted by molar-refractivity contribution is -0.384. The number of rotatable bonds is 6. The van der Waals surface area contributed by atoms with Crippen LogP contribution < -0.4 is 10.9 Å². The van der Waals surface area contributed by atoms with E-state index in [1.54, 1.807) is 43.5 Å². The molecule has 1 aromatic carbocycles. The Morgan fingerprint density at radius 3 is 2.64 bits per heavy atom. The molecule has 10 nitrogen and oxygen atoms in total. The summed E-state index contributed by atoms with van der Waals surface area (Å²) in [6.45, 7) is 1.72. The van der Waals surface area contributed by atoms with Crippen molar-refractivity contribution in [3.63, 3.8) is 0 Å². The van der Waals surface area contributed by atoms with E-state index in [9.17, 15) is 19.7 Å². The first-order valence-electron chi connectivity index (χ1n) is 9.86. The van der Waals surface area contributed by atoms with Gasteiger partial charge in [0.25, 0.3) is 11.2 Å². The van der Waals surface area contributed by atoms with Gasteiger partial charge in [0.1, 0.15) is 5.82 Å². The number of carbonyl (C=O) groups is 1. The van der Waals surface area contributed by atoms with Gasteiger partial charge < -0.3 is 15.0 Å². The van der Waals surface area contributed by atoms with Crippen molar-refractivity contribution in [1.29, 1.82) is 0 Å². The summed E-state index contributed by atoms with van der Waals surface area (Å²) >= 11 is 1.28. The van der Waals surface area contributed by atoms with Crippen molar-refractivity contribution >= 4 is 29.2 Å². The highest BCUT2D eigenvalue weighted by Crippen LogP contribution is 2.39. The molecule has 0 saturated heterocycles. The molecule has 0 bridgehead atoms. The van der Waals surface area contributed by atoms with Crippen LogP contribution in [0.2, 0.25) is 0 Å². The van der Waals surface area contributed by atoms with Crippen LogP contribution in [0.1, 0.15) is 29.7 Å². The molecule has 0 aliphatic carbocycles. The highest BCUT2D eigenvalue weighted by Gasteiger charge is 2.36. The molecule has 4 rings (SSSR count). The van der Waals surface area contributed by atoms with E-state index in [4.69, 9.17) is 4.74 Å². The predicted molar refractivity (Wildman–Crippen MR) is 122 cm³/mol. The number of thioether (sulfide) groups is 1. The van der Waals surface area contributed by atoms with Crippen LogP contribution in [0.5, 0.6) is 0 Å². The van der Waals surface area contributed by atoms with Gasteiger partial charge >= 0.3 is 5.97 Å². The van der Waals surface area contributed by atoms with E-state index in [2.05, 4.69) is 20.3 Å². The molecule has 0 amide bonds. The molecule has 1 aliphatic heterocycles. The summed E-state index contributed by atoms with van der Waals surface area (Å²) in [6, 6.07) is 11.5. The number of nitrogens with one attached hydrogen (secondary N) is 2. The van der Waals surface area contributed by atoms with Crippen molar-refractivity contribution in [2.24, 2.45) is 0 Å². The van der Waals surface area contributed by atoms with E-state index >= 15 is 0 Å². The number of methoxy groups -OCH3 is 1. The minimum atomic E-state index is -0.736. The van der Waals surface area contributed by atoms with Crippen molar-refractivity contribution in [2.75, 3.05) is 12.4 Å². The van der Waals surface area contributed by atoms with Gasteiger partial charge in [-0.05, 0) is 24.6 Å². The molecule has 33 heavy (non-hydrogen) atoms. The maximum Gasteiger partial charge on any atom is 0.336 e. The number of esters is 1. The predicted octanol–water partition coefficient (Wildman–Crippen LogP) is 3.37. The number of carbonyl (C=O) groups excluding carboxylic acids is 1. The Morgan fingerprint density at radius 2 is 2.00 bits per heavy atom. The Labute approximate surface area is 192 Å². The summed E-state index contributed by atoms with van der Waals surface area (Å²) in [5, 5.41) is 14.2. The third-order valence-electron chi connectivity index (χ3n) is 5.13. The van der Waals surface area contributed by atoms with Crippen molar-refractivity contribution < 1.29 is 14.5 Å². The topological polar surface area (TPSA) is 140 Å². The lowest BCUT2D eigenvalue weighted by atomic mass is 9.85. The van der Waals surface area contributed by atoms with Crippen LogP contribution in [0.3, 0.4) is 0 Å². The fourth-order valence-electron chi connectivity index (χ4n) is 3.59. The maximum absolute atomic E-state index is 13.1. The van der Waals surface area contributed by atoms with Gasteiger partial charge in [-0.25, -0.2) is 9.78 Å². The number of pyridine rings is 1. The van der Waals surface area contributed by atoms with Gasteiger partial charge in [0.05, 0.1) is 34.8 Å². The van der Waals surface area contributed by atoms with Crippen LogP contribution in [0.4, 0.5) is 11.5 Å². The summed E-state index contributed by atoms with van der Waals surface area (Å²) in [5.74, 6) is -0.506. The van der Waals surface area contributed by atoms with Crippen LogP contribution in [-0.4, -0.2) is 33.0 Å². The van der Waals surface area contributed by atoms with E-state index in [1.807, 2.05) is 0 Å². The van der Waals surface area contributed by atoms with Crippen LogP contribution in [0, 0.1) is 10.1 Å². The lowest BCUT2D eigenvalue weighted by Crippen LogP contribution is -2.31. The molecule has 1 atom stereocenters. The number of nitrogens with zero attached hydrogens (tertiary/aromatic N) is 3. The maximum atomic E-state index is 13.1. The SMILES string of the molecule is COC(=O)C1=C(C)Nc2nc(SCc3ccc([N+](=O)[O-])cc3)[nH]c(=O)c2C1c1ccccn1. The Morgan fingerprint density at radius 1 is 1.24 bits per heavy atom. The lowest BCUT2D eigenvalue weighted by Gasteiger charge is -2.27. The molecule has 1 unspecified atom stereocenters. The molecule has 2 aromatic heterocycles. The summed E-state index contributed by atoms with van der Waals surface area (Å²) in [6.07, 6.45) is 1.59. The molecule has 1 aliphatic rings. The molecule has 3 heterocycles. The van der Waals surface area contributed by atoms with Crippen molar-refractivity contribution in [3.05, 3.63) is 97.2 Å². The minimum absolute atomic E-state index is 0.0116. The summed E-state index contributed by atoms with van der Waals surface area (Å²) < 4.78 is 4.96. The second kappa shape index (κ2) is 9.25.